The van der Waals surface area contributed by atoms with Crippen molar-refractivity contribution in [3.05, 3.63) is 65.2 Å². The van der Waals surface area contributed by atoms with Gasteiger partial charge < -0.3 is 9.84 Å². The predicted molar refractivity (Wildman–Crippen MR) is 92.1 cm³/mol. The zero-order valence-electron chi connectivity index (χ0n) is 14.0. The number of aliphatic carboxylic acids is 1. The first-order chi connectivity index (χ1) is 11.0. The van der Waals surface area contributed by atoms with Gasteiger partial charge in [0.2, 0.25) is 0 Å². The van der Waals surface area contributed by atoms with Crippen LogP contribution in [0.3, 0.4) is 0 Å². The Bertz CT molecular complexity index is 661. The molecule has 0 aliphatic carbocycles. The Morgan fingerprint density at radius 3 is 2.26 bits per heavy atom. The molecule has 0 aliphatic rings. The van der Waals surface area contributed by atoms with Crippen molar-refractivity contribution < 1.29 is 14.6 Å². The second-order valence-corrected chi connectivity index (χ2v) is 5.96. The third-order valence-electron chi connectivity index (χ3n) is 3.99. The van der Waals surface area contributed by atoms with E-state index in [1.807, 2.05) is 48.5 Å². The molecule has 2 rings (SSSR count). The maximum absolute atomic E-state index is 11.7. The van der Waals surface area contributed by atoms with E-state index in [1.54, 1.807) is 0 Å². The fraction of sp³-hybridized carbons (Fsp3) is 0.350. The molecule has 2 aromatic carbocycles. The standard InChI is InChI=1S/C20H24O3/c1-4-15-9-5-6-10-16(15)13-19(20(21)22)23-18-12-8-7-11-17(18)14(2)3/h5-12,14,19H,4,13H2,1-3H3,(H,21,22)/t19-/m0/s1. The van der Waals surface area contributed by atoms with Crippen LogP contribution in [0, 0.1) is 0 Å². The highest BCUT2D eigenvalue weighted by Crippen LogP contribution is 2.27. The van der Waals surface area contributed by atoms with Crippen LogP contribution in [0.4, 0.5) is 0 Å². The molecule has 2 aromatic rings. The molecular weight excluding hydrogens is 288 g/mol. The number of hydrogen-bond acceptors (Lipinski definition) is 2. The third kappa shape index (κ3) is 4.35. The molecule has 1 atom stereocenters. The predicted octanol–water partition coefficient (Wildman–Crippen LogP) is 4.45. The second kappa shape index (κ2) is 7.82. The van der Waals surface area contributed by atoms with Gasteiger partial charge in [-0.15, -0.1) is 0 Å². The number of aryl methyl sites for hydroxylation is 1. The van der Waals surface area contributed by atoms with Gasteiger partial charge in [0.25, 0.3) is 0 Å². The Balaban J connectivity index is 2.25. The third-order valence-corrected chi connectivity index (χ3v) is 3.99. The molecule has 122 valence electrons. The van der Waals surface area contributed by atoms with E-state index in [0.29, 0.717) is 12.2 Å². The topological polar surface area (TPSA) is 46.5 Å². The molecule has 0 heterocycles. The summed E-state index contributed by atoms with van der Waals surface area (Å²) in [5.41, 5.74) is 3.23. The molecule has 3 nitrogen and oxygen atoms in total. The zero-order valence-corrected chi connectivity index (χ0v) is 14.0. The van der Waals surface area contributed by atoms with E-state index >= 15 is 0 Å². The van der Waals surface area contributed by atoms with E-state index < -0.39 is 12.1 Å². The van der Waals surface area contributed by atoms with Crippen LogP contribution in [0.1, 0.15) is 43.4 Å². The Morgan fingerprint density at radius 1 is 1.04 bits per heavy atom. The van der Waals surface area contributed by atoms with Crippen LogP contribution in [0.5, 0.6) is 5.75 Å². The second-order valence-electron chi connectivity index (χ2n) is 5.96. The van der Waals surface area contributed by atoms with Gasteiger partial charge in [-0.1, -0.05) is 63.2 Å². The van der Waals surface area contributed by atoms with E-state index in [9.17, 15) is 9.90 Å². The molecule has 0 saturated heterocycles. The minimum absolute atomic E-state index is 0.281. The number of rotatable bonds is 7. The van der Waals surface area contributed by atoms with Gasteiger partial charge in [-0.05, 0) is 35.1 Å². The lowest BCUT2D eigenvalue weighted by molar-refractivity contribution is -0.145. The number of carboxylic acid groups (broad SMARTS) is 1. The molecule has 1 N–H and O–H groups in total. The zero-order chi connectivity index (χ0) is 16.8. The lowest BCUT2D eigenvalue weighted by Crippen LogP contribution is -2.30. The molecule has 0 spiro atoms. The summed E-state index contributed by atoms with van der Waals surface area (Å²) in [7, 11) is 0. The van der Waals surface area contributed by atoms with Gasteiger partial charge in [-0.2, -0.15) is 0 Å². The molecule has 0 aromatic heterocycles. The fourth-order valence-electron chi connectivity index (χ4n) is 2.70. The van der Waals surface area contributed by atoms with Crippen LogP contribution in [0.15, 0.2) is 48.5 Å². The van der Waals surface area contributed by atoms with Crippen LogP contribution in [-0.2, 0) is 17.6 Å². The van der Waals surface area contributed by atoms with Crippen LogP contribution < -0.4 is 4.74 Å². The van der Waals surface area contributed by atoms with E-state index in [1.165, 1.54) is 5.56 Å². The van der Waals surface area contributed by atoms with E-state index in [-0.39, 0.29) is 5.92 Å². The van der Waals surface area contributed by atoms with Crippen molar-refractivity contribution >= 4 is 5.97 Å². The van der Waals surface area contributed by atoms with E-state index in [0.717, 1.165) is 17.5 Å². The lowest BCUT2D eigenvalue weighted by atomic mass is 9.99. The molecule has 23 heavy (non-hydrogen) atoms. The molecule has 0 aliphatic heterocycles. The molecule has 0 saturated carbocycles. The largest absolute Gasteiger partial charge is 0.478 e. The average molecular weight is 312 g/mol. The highest BCUT2D eigenvalue weighted by molar-refractivity contribution is 5.73. The first-order valence-corrected chi connectivity index (χ1v) is 8.08. The van der Waals surface area contributed by atoms with Crippen molar-refractivity contribution in [2.24, 2.45) is 0 Å². The quantitative estimate of drug-likeness (QED) is 0.821. The van der Waals surface area contributed by atoms with Crippen LogP contribution >= 0.6 is 0 Å². The average Bonchev–Trinajstić information content (AvgIpc) is 2.54. The number of carboxylic acids is 1. The molecule has 0 fully saturated rings. The van der Waals surface area contributed by atoms with Crippen molar-refractivity contribution in [1.82, 2.24) is 0 Å². The van der Waals surface area contributed by atoms with Crippen LogP contribution in [0.25, 0.3) is 0 Å². The summed E-state index contributed by atoms with van der Waals surface area (Å²) in [6.45, 7) is 6.22. The first kappa shape index (κ1) is 17.1. The van der Waals surface area contributed by atoms with Gasteiger partial charge in [-0.3, -0.25) is 0 Å². The molecule has 0 radical (unpaired) electrons. The van der Waals surface area contributed by atoms with Crippen LogP contribution in [-0.4, -0.2) is 17.2 Å². The Morgan fingerprint density at radius 2 is 1.65 bits per heavy atom. The van der Waals surface area contributed by atoms with Gasteiger partial charge in [-0.25, -0.2) is 4.79 Å². The lowest BCUT2D eigenvalue weighted by Gasteiger charge is -2.20. The van der Waals surface area contributed by atoms with Gasteiger partial charge in [0.1, 0.15) is 5.75 Å². The highest BCUT2D eigenvalue weighted by Gasteiger charge is 2.22. The molecule has 0 amide bonds. The van der Waals surface area contributed by atoms with Gasteiger partial charge >= 0.3 is 5.97 Å². The maximum atomic E-state index is 11.7. The number of hydrogen-bond donors (Lipinski definition) is 1. The van der Waals surface area contributed by atoms with Crippen molar-refractivity contribution in [2.45, 2.75) is 45.6 Å². The molecule has 3 heteroatoms. The molecule has 0 bridgehead atoms. The number of ether oxygens (including phenoxy) is 1. The van der Waals surface area contributed by atoms with E-state index in [4.69, 9.17) is 4.74 Å². The Hall–Kier alpha value is -2.29. The normalized spacial score (nSPS) is 12.2. The summed E-state index contributed by atoms with van der Waals surface area (Å²) in [6.07, 6.45) is 0.360. The summed E-state index contributed by atoms with van der Waals surface area (Å²) >= 11 is 0. The molecular formula is C20H24O3. The van der Waals surface area contributed by atoms with Crippen LogP contribution in [0.2, 0.25) is 0 Å². The Kier molecular flexibility index (Phi) is 5.80. The van der Waals surface area contributed by atoms with Gasteiger partial charge in [0, 0.05) is 6.42 Å². The van der Waals surface area contributed by atoms with Gasteiger partial charge in [0.05, 0.1) is 0 Å². The minimum Gasteiger partial charge on any atom is -0.478 e. The van der Waals surface area contributed by atoms with Crippen molar-refractivity contribution in [3.63, 3.8) is 0 Å². The van der Waals surface area contributed by atoms with Crippen molar-refractivity contribution in [2.75, 3.05) is 0 Å². The maximum Gasteiger partial charge on any atom is 0.345 e. The summed E-state index contributed by atoms with van der Waals surface area (Å²) in [6, 6.07) is 15.6. The SMILES string of the molecule is CCc1ccccc1C[C@H](Oc1ccccc1C(C)C)C(=O)O. The summed E-state index contributed by atoms with van der Waals surface area (Å²) in [5.74, 6) is 0.00178. The van der Waals surface area contributed by atoms with Crippen molar-refractivity contribution in [3.8, 4) is 5.75 Å². The fourth-order valence-corrected chi connectivity index (χ4v) is 2.70. The first-order valence-electron chi connectivity index (χ1n) is 8.08. The minimum atomic E-state index is -0.936. The smallest absolute Gasteiger partial charge is 0.345 e. The van der Waals surface area contributed by atoms with Gasteiger partial charge in [0.15, 0.2) is 6.10 Å². The van der Waals surface area contributed by atoms with E-state index in [2.05, 4.69) is 20.8 Å². The number of para-hydroxylation sites is 1. The number of carbonyl (C=O) groups is 1. The Labute approximate surface area is 137 Å². The molecule has 0 unspecified atom stereocenters. The van der Waals surface area contributed by atoms with Crippen molar-refractivity contribution in [1.29, 1.82) is 0 Å². The summed E-state index contributed by atoms with van der Waals surface area (Å²) < 4.78 is 5.87. The summed E-state index contributed by atoms with van der Waals surface area (Å²) in [4.78, 5) is 11.7. The summed E-state index contributed by atoms with van der Waals surface area (Å²) in [5, 5.41) is 9.56. The number of benzene rings is 2. The highest BCUT2D eigenvalue weighted by atomic mass is 16.5. The monoisotopic (exact) mass is 312 g/mol.